The van der Waals surface area contributed by atoms with Crippen molar-refractivity contribution in [2.24, 2.45) is 0 Å². The summed E-state index contributed by atoms with van der Waals surface area (Å²) >= 11 is 1.22. The van der Waals surface area contributed by atoms with E-state index in [0.717, 1.165) is 23.7 Å². The molecule has 1 N–H and O–H groups in total. The number of rotatable bonds is 5. The van der Waals surface area contributed by atoms with Gasteiger partial charge < -0.3 is 5.11 Å². The van der Waals surface area contributed by atoms with Gasteiger partial charge in [0.05, 0.1) is 11.4 Å². The van der Waals surface area contributed by atoms with Crippen LogP contribution in [-0.2, 0) is 6.54 Å². The number of aromatic carboxylic acids is 1. The number of carboxylic acid groups (broad SMARTS) is 1. The standard InChI is InChI=1S/C13H17N3O2S/c1-4-7-16-9(5-6-14-16)12-15-10(8(2)3)11(19-12)13(17)18/h5-6,8H,4,7H2,1-3H3,(H,17,18). The highest BCUT2D eigenvalue weighted by atomic mass is 32.1. The highest BCUT2D eigenvalue weighted by molar-refractivity contribution is 7.17. The summed E-state index contributed by atoms with van der Waals surface area (Å²) in [5.41, 5.74) is 1.54. The normalized spacial score (nSPS) is 11.2. The Morgan fingerprint density at radius 2 is 2.26 bits per heavy atom. The van der Waals surface area contributed by atoms with Crippen molar-refractivity contribution in [2.45, 2.75) is 39.7 Å². The Balaban J connectivity index is 2.48. The fourth-order valence-electron chi connectivity index (χ4n) is 1.89. The Bertz CT molecular complexity index is 586. The summed E-state index contributed by atoms with van der Waals surface area (Å²) in [7, 11) is 0. The molecule has 0 aliphatic carbocycles. The van der Waals surface area contributed by atoms with Gasteiger partial charge in [-0.2, -0.15) is 5.10 Å². The van der Waals surface area contributed by atoms with Crippen molar-refractivity contribution in [2.75, 3.05) is 0 Å². The van der Waals surface area contributed by atoms with E-state index in [-0.39, 0.29) is 5.92 Å². The fourth-order valence-corrected chi connectivity index (χ4v) is 2.98. The quantitative estimate of drug-likeness (QED) is 0.912. The van der Waals surface area contributed by atoms with Gasteiger partial charge in [0, 0.05) is 12.7 Å². The summed E-state index contributed by atoms with van der Waals surface area (Å²) < 4.78 is 1.87. The number of carboxylic acids is 1. The SMILES string of the molecule is CCCn1nccc1-c1nc(C(C)C)c(C(=O)O)s1. The molecule has 5 nitrogen and oxygen atoms in total. The number of hydrogen-bond acceptors (Lipinski definition) is 4. The molecule has 2 aromatic rings. The van der Waals surface area contributed by atoms with E-state index >= 15 is 0 Å². The minimum Gasteiger partial charge on any atom is -0.477 e. The average molecular weight is 279 g/mol. The van der Waals surface area contributed by atoms with E-state index in [1.54, 1.807) is 6.20 Å². The highest BCUT2D eigenvalue weighted by Gasteiger charge is 2.21. The lowest BCUT2D eigenvalue weighted by molar-refractivity contribution is 0.0700. The van der Waals surface area contributed by atoms with E-state index in [1.165, 1.54) is 11.3 Å². The maximum absolute atomic E-state index is 11.3. The average Bonchev–Trinajstić information content (AvgIpc) is 2.94. The summed E-state index contributed by atoms with van der Waals surface area (Å²) in [5, 5.41) is 14.2. The Morgan fingerprint density at radius 3 is 2.79 bits per heavy atom. The molecule has 2 rings (SSSR count). The zero-order valence-electron chi connectivity index (χ0n) is 11.3. The summed E-state index contributed by atoms with van der Waals surface area (Å²) in [6.07, 6.45) is 2.70. The molecule has 0 radical (unpaired) electrons. The van der Waals surface area contributed by atoms with E-state index in [2.05, 4.69) is 17.0 Å². The van der Waals surface area contributed by atoms with E-state index in [9.17, 15) is 9.90 Å². The molecule has 0 atom stereocenters. The molecule has 0 saturated heterocycles. The zero-order chi connectivity index (χ0) is 14.0. The lowest BCUT2D eigenvalue weighted by Crippen LogP contribution is -2.01. The van der Waals surface area contributed by atoms with Crippen molar-refractivity contribution in [3.63, 3.8) is 0 Å². The Hall–Kier alpha value is -1.69. The molecular formula is C13H17N3O2S. The minimum atomic E-state index is -0.908. The van der Waals surface area contributed by atoms with E-state index < -0.39 is 5.97 Å². The molecule has 0 spiro atoms. The largest absolute Gasteiger partial charge is 0.477 e. The van der Waals surface area contributed by atoms with Crippen molar-refractivity contribution in [3.8, 4) is 10.7 Å². The van der Waals surface area contributed by atoms with Crippen LogP contribution in [0.25, 0.3) is 10.7 Å². The molecule has 6 heteroatoms. The molecule has 19 heavy (non-hydrogen) atoms. The third kappa shape index (κ3) is 2.68. The van der Waals surface area contributed by atoms with Gasteiger partial charge in [0.25, 0.3) is 0 Å². The minimum absolute atomic E-state index is 0.0960. The van der Waals surface area contributed by atoms with Gasteiger partial charge in [-0.15, -0.1) is 11.3 Å². The number of thiazole rings is 1. The van der Waals surface area contributed by atoms with Crippen LogP contribution >= 0.6 is 11.3 Å². The molecule has 0 amide bonds. The van der Waals surface area contributed by atoms with Crippen LogP contribution in [-0.4, -0.2) is 25.8 Å². The van der Waals surface area contributed by atoms with Crippen LogP contribution in [0.3, 0.4) is 0 Å². The molecule has 0 aromatic carbocycles. The predicted octanol–water partition coefficient (Wildman–Crippen LogP) is 3.24. The molecule has 0 fully saturated rings. The van der Waals surface area contributed by atoms with Gasteiger partial charge in [-0.25, -0.2) is 9.78 Å². The summed E-state index contributed by atoms with van der Waals surface area (Å²) in [6, 6.07) is 1.88. The lowest BCUT2D eigenvalue weighted by atomic mass is 10.1. The number of aryl methyl sites for hydroxylation is 1. The number of hydrogen-bond donors (Lipinski definition) is 1. The van der Waals surface area contributed by atoms with E-state index in [1.807, 2.05) is 24.6 Å². The molecule has 0 aliphatic rings. The number of nitrogens with zero attached hydrogens (tertiary/aromatic N) is 3. The van der Waals surface area contributed by atoms with Crippen LogP contribution in [0.1, 0.15) is 48.5 Å². The van der Waals surface area contributed by atoms with Gasteiger partial charge in [-0.05, 0) is 18.4 Å². The second-order valence-electron chi connectivity index (χ2n) is 4.63. The Morgan fingerprint density at radius 1 is 1.53 bits per heavy atom. The second kappa shape index (κ2) is 5.52. The van der Waals surface area contributed by atoms with Crippen LogP contribution < -0.4 is 0 Å². The first-order valence-corrected chi connectivity index (χ1v) is 7.12. The van der Waals surface area contributed by atoms with Crippen LogP contribution in [0.2, 0.25) is 0 Å². The first kappa shape index (κ1) is 13.7. The summed E-state index contributed by atoms with van der Waals surface area (Å²) in [4.78, 5) is 16.1. The van der Waals surface area contributed by atoms with Gasteiger partial charge in [0.2, 0.25) is 0 Å². The van der Waals surface area contributed by atoms with Crippen molar-refractivity contribution < 1.29 is 9.90 Å². The molecular weight excluding hydrogens is 262 g/mol. The number of carbonyl (C=O) groups is 1. The Labute approximate surface area is 115 Å². The first-order chi connectivity index (χ1) is 9.04. The second-order valence-corrected chi connectivity index (χ2v) is 5.63. The van der Waals surface area contributed by atoms with Crippen LogP contribution in [0.15, 0.2) is 12.3 Å². The topological polar surface area (TPSA) is 68.0 Å². The van der Waals surface area contributed by atoms with Crippen LogP contribution in [0.5, 0.6) is 0 Å². The third-order valence-electron chi connectivity index (χ3n) is 2.77. The molecule has 0 unspecified atom stereocenters. The maximum Gasteiger partial charge on any atom is 0.347 e. The maximum atomic E-state index is 11.3. The van der Waals surface area contributed by atoms with Crippen LogP contribution in [0, 0.1) is 0 Å². The third-order valence-corrected chi connectivity index (χ3v) is 3.85. The van der Waals surface area contributed by atoms with Gasteiger partial charge in [0.1, 0.15) is 9.88 Å². The number of aromatic nitrogens is 3. The van der Waals surface area contributed by atoms with E-state index in [4.69, 9.17) is 0 Å². The predicted molar refractivity (Wildman–Crippen MR) is 74.7 cm³/mol. The van der Waals surface area contributed by atoms with Crippen molar-refractivity contribution >= 4 is 17.3 Å². The molecule has 2 heterocycles. The molecule has 2 aromatic heterocycles. The van der Waals surface area contributed by atoms with Gasteiger partial charge in [-0.3, -0.25) is 4.68 Å². The molecule has 0 saturated carbocycles. The van der Waals surface area contributed by atoms with Crippen molar-refractivity contribution in [1.29, 1.82) is 0 Å². The zero-order valence-corrected chi connectivity index (χ0v) is 12.1. The van der Waals surface area contributed by atoms with Gasteiger partial charge in [0.15, 0.2) is 0 Å². The monoisotopic (exact) mass is 279 g/mol. The smallest absolute Gasteiger partial charge is 0.347 e. The van der Waals surface area contributed by atoms with E-state index in [0.29, 0.717) is 10.6 Å². The molecule has 0 aliphatic heterocycles. The molecule has 0 bridgehead atoms. The fraction of sp³-hybridized carbons (Fsp3) is 0.462. The summed E-state index contributed by atoms with van der Waals surface area (Å²) in [6.45, 7) is 6.79. The molecule has 102 valence electrons. The van der Waals surface area contributed by atoms with Crippen molar-refractivity contribution in [3.05, 3.63) is 22.8 Å². The lowest BCUT2D eigenvalue weighted by Gasteiger charge is -2.03. The van der Waals surface area contributed by atoms with Gasteiger partial charge in [-0.1, -0.05) is 20.8 Å². The highest BCUT2D eigenvalue weighted by Crippen LogP contribution is 2.31. The first-order valence-electron chi connectivity index (χ1n) is 6.30. The van der Waals surface area contributed by atoms with Gasteiger partial charge >= 0.3 is 5.97 Å². The Kier molecular flexibility index (Phi) is 3.99. The summed E-state index contributed by atoms with van der Waals surface area (Å²) in [5.74, 6) is -0.812. The van der Waals surface area contributed by atoms with Crippen LogP contribution in [0.4, 0.5) is 0 Å². The van der Waals surface area contributed by atoms with Crippen molar-refractivity contribution in [1.82, 2.24) is 14.8 Å².